The Balaban J connectivity index is 1.44. The topological polar surface area (TPSA) is 124 Å². The maximum atomic E-state index is 16.0. The zero-order chi connectivity index (χ0) is 32.5. The third kappa shape index (κ3) is 7.35. The quantitative estimate of drug-likeness (QED) is 0.221. The lowest BCUT2D eigenvalue weighted by Crippen LogP contribution is -2.44. The van der Waals surface area contributed by atoms with Gasteiger partial charge in [0.05, 0.1) is 18.8 Å². The SMILES string of the molecule is CC(C)(C)OC(=O)N(C(=O)OC(C)(C)C)c1nc2cc(-c3cccc(-c4cnn(C[C@H](O)c5ccccc5)c4)c3F)ccn2n1. The third-order valence-electron chi connectivity index (χ3n) is 6.48. The predicted octanol–water partition coefficient (Wildman–Crippen LogP) is 6.81. The molecule has 2 aromatic carbocycles. The molecule has 0 radical (unpaired) electrons. The molecule has 0 bridgehead atoms. The summed E-state index contributed by atoms with van der Waals surface area (Å²) in [7, 11) is 0. The van der Waals surface area contributed by atoms with E-state index >= 15 is 4.39 Å². The fraction of sp³-hybridized carbons (Fsp3) is 0.303. The Morgan fingerprint density at radius 1 is 0.911 bits per heavy atom. The number of anilines is 1. The number of aliphatic hydroxyl groups is 1. The number of aliphatic hydroxyl groups excluding tert-OH is 1. The monoisotopic (exact) mass is 614 g/mol. The van der Waals surface area contributed by atoms with Crippen LogP contribution in [-0.2, 0) is 16.0 Å². The van der Waals surface area contributed by atoms with E-state index in [4.69, 9.17) is 9.47 Å². The molecule has 0 unspecified atom stereocenters. The fourth-order valence-corrected chi connectivity index (χ4v) is 4.52. The van der Waals surface area contributed by atoms with E-state index in [0.717, 1.165) is 5.56 Å². The van der Waals surface area contributed by atoms with Crippen LogP contribution in [0.4, 0.5) is 19.9 Å². The normalized spacial score (nSPS) is 12.6. The Bertz CT molecular complexity index is 1810. The largest absolute Gasteiger partial charge is 0.443 e. The van der Waals surface area contributed by atoms with Gasteiger partial charge in [0.15, 0.2) is 5.65 Å². The van der Waals surface area contributed by atoms with Crippen LogP contribution >= 0.6 is 0 Å². The van der Waals surface area contributed by atoms with Crippen LogP contribution in [0.15, 0.2) is 79.3 Å². The van der Waals surface area contributed by atoms with Crippen molar-refractivity contribution in [2.24, 2.45) is 0 Å². The molecule has 11 nitrogen and oxygen atoms in total. The summed E-state index contributed by atoms with van der Waals surface area (Å²) >= 11 is 0. The zero-order valence-electron chi connectivity index (χ0n) is 25.9. The van der Waals surface area contributed by atoms with Crippen molar-refractivity contribution in [3.05, 3.63) is 90.6 Å². The number of hydrogen-bond acceptors (Lipinski definition) is 8. The highest BCUT2D eigenvalue weighted by Gasteiger charge is 2.35. The van der Waals surface area contributed by atoms with Crippen LogP contribution in [0.2, 0.25) is 0 Å². The summed E-state index contributed by atoms with van der Waals surface area (Å²) in [5.41, 5.74) is 0.889. The predicted molar refractivity (Wildman–Crippen MR) is 166 cm³/mol. The van der Waals surface area contributed by atoms with Crippen LogP contribution < -0.4 is 4.90 Å². The van der Waals surface area contributed by atoms with Crippen molar-refractivity contribution >= 4 is 23.8 Å². The van der Waals surface area contributed by atoms with Crippen molar-refractivity contribution in [2.45, 2.75) is 65.4 Å². The second kappa shape index (κ2) is 12.1. The van der Waals surface area contributed by atoms with Gasteiger partial charge in [-0.15, -0.1) is 10.00 Å². The number of halogens is 1. The van der Waals surface area contributed by atoms with Crippen molar-refractivity contribution < 1.29 is 28.6 Å². The number of imide groups is 1. The lowest BCUT2D eigenvalue weighted by molar-refractivity contribution is 0.0427. The second-order valence-electron chi connectivity index (χ2n) is 12.5. The molecule has 0 saturated carbocycles. The van der Waals surface area contributed by atoms with Crippen molar-refractivity contribution in [2.75, 3.05) is 4.90 Å². The molecule has 0 aliphatic heterocycles. The van der Waals surface area contributed by atoms with Gasteiger partial charge in [-0.3, -0.25) is 4.68 Å². The lowest BCUT2D eigenvalue weighted by Gasteiger charge is -2.26. The molecule has 5 aromatic rings. The number of aromatic nitrogens is 5. The minimum atomic E-state index is -0.997. The molecular weight excluding hydrogens is 579 g/mol. The highest BCUT2D eigenvalue weighted by atomic mass is 19.1. The number of rotatable bonds is 6. The van der Waals surface area contributed by atoms with Crippen LogP contribution in [-0.4, -0.2) is 52.9 Å². The molecule has 2 amide bonds. The van der Waals surface area contributed by atoms with Crippen molar-refractivity contribution in [3.8, 4) is 22.3 Å². The van der Waals surface area contributed by atoms with Crippen molar-refractivity contribution in [3.63, 3.8) is 0 Å². The molecule has 0 aliphatic rings. The number of hydrogen-bond donors (Lipinski definition) is 1. The molecule has 0 saturated heterocycles. The van der Waals surface area contributed by atoms with Crippen LogP contribution in [0.25, 0.3) is 27.9 Å². The van der Waals surface area contributed by atoms with Gasteiger partial charge in [0.1, 0.15) is 17.0 Å². The highest BCUT2D eigenvalue weighted by Crippen LogP contribution is 2.32. The van der Waals surface area contributed by atoms with Crippen LogP contribution in [0.3, 0.4) is 0 Å². The Morgan fingerprint density at radius 2 is 1.53 bits per heavy atom. The number of nitrogens with zero attached hydrogens (tertiary/aromatic N) is 6. The molecule has 0 aliphatic carbocycles. The first-order valence-electron chi connectivity index (χ1n) is 14.4. The Labute approximate surface area is 259 Å². The standard InChI is InChI=1S/C33H35FN6O5/c1-32(2,3)44-30(42)40(31(43)45-33(4,5)6)29-36-27-17-22(15-16-39(27)37-29)24-13-10-14-25(28(24)34)23-18-35-38(19-23)20-26(41)21-11-8-7-9-12-21/h7-19,26,41H,20H2,1-6H3/t26-/m0/s1. The number of benzene rings is 2. The molecule has 5 rings (SSSR count). The van der Waals surface area contributed by atoms with Gasteiger partial charge < -0.3 is 14.6 Å². The van der Waals surface area contributed by atoms with E-state index < -0.39 is 35.3 Å². The number of carbonyl (C=O) groups is 2. The molecule has 0 spiro atoms. The van der Waals surface area contributed by atoms with E-state index in [9.17, 15) is 14.7 Å². The molecular formula is C33H35FN6O5. The number of ether oxygens (including phenoxy) is 2. The molecule has 12 heteroatoms. The Kier molecular flexibility index (Phi) is 8.44. The minimum Gasteiger partial charge on any atom is -0.443 e. The van der Waals surface area contributed by atoms with Crippen molar-refractivity contribution in [1.29, 1.82) is 0 Å². The van der Waals surface area contributed by atoms with E-state index in [-0.39, 0.29) is 18.1 Å². The van der Waals surface area contributed by atoms with E-state index in [0.29, 0.717) is 27.2 Å². The summed E-state index contributed by atoms with van der Waals surface area (Å²) in [4.78, 5) is 31.1. The zero-order valence-corrected chi connectivity index (χ0v) is 25.9. The summed E-state index contributed by atoms with van der Waals surface area (Å²) in [5.74, 6) is -0.733. The van der Waals surface area contributed by atoms with Gasteiger partial charge in [0.25, 0.3) is 5.95 Å². The van der Waals surface area contributed by atoms with Crippen LogP contribution in [0.5, 0.6) is 0 Å². The molecule has 0 fully saturated rings. The van der Waals surface area contributed by atoms with Gasteiger partial charge in [0, 0.05) is 29.1 Å². The van der Waals surface area contributed by atoms with Crippen molar-refractivity contribution in [1.82, 2.24) is 24.4 Å². The first kappa shape index (κ1) is 31.3. The first-order chi connectivity index (χ1) is 21.2. The summed E-state index contributed by atoms with van der Waals surface area (Å²) in [6, 6.07) is 17.5. The van der Waals surface area contributed by atoms with Gasteiger partial charge >= 0.3 is 12.2 Å². The first-order valence-corrected chi connectivity index (χ1v) is 14.4. The molecule has 3 heterocycles. The van der Waals surface area contributed by atoms with E-state index in [1.807, 2.05) is 30.3 Å². The molecule has 1 N–H and O–H groups in total. The third-order valence-corrected chi connectivity index (χ3v) is 6.48. The maximum absolute atomic E-state index is 16.0. The average Bonchev–Trinajstić information content (AvgIpc) is 3.58. The number of amides is 2. The average molecular weight is 615 g/mol. The second-order valence-corrected chi connectivity index (χ2v) is 12.5. The maximum Gasteiger partial charge on any atom is 0.427 e. The summed E-state index contributed by atoms with van der Waals surface area (Å²) < 4.78 is 29.8. The summed E-state index contributed by atoms with van der Waals surface area (Å²) in [6.45, 7) is 10.2. The number of fused-ring (bicyclic) bond motifs is 1. The van der Waals surface area contributed by atoms with Gasteiger partial charge in [0.2, 0.25) is 0 Å². The number of carbonyl (C=O) groups excluding carboxylic acids is 2. The Morgan fingerprint density at radius 3 is 2.16 bits per heavy atom. The van der Waals surface area contributed by atoms with E-state index in [1.54, 1.807) is 95.1 Å². The van der Waals surface area contributed by atoms with Crippen LogP contribution in [0, 0.1) is 5.82 Å². The van der Waals surface area contributed by atoms with Gasteiger partial charge in [-0.25, -0.2) is 18.5 Å². The number of pyridine rings is 1. The van der Waals surface area contributed by atoms with Gasteiger partial charge in [-0.2, -0.15) is 10.1 Å². The van der Waals surface area contributed by atoms with Crippen LogP contribution in [0.1, 0.15) is 53.2 Å². The molecule has 45 heavy (non-hydrogen) atoms. The Hall–Kier alpha value is -5.10. The van der Waals surface area contributed by atoms with Gasteiger partial charge in [-0.05, 0) is 64.8 Å². The van der Waals surface area contributed by atoms with E-state index in [1.165, 1.54) is 4.52 Å². The lowest BCUT2D eigenvalue weighted by atomic mass is 10.0. The fourth-order valence-electron chi connectivity index (χ4n) is 4.52. The summed E-state index contributed by atoms with van der Waals surface area (Å²) in [5, 5.41) is 19.2. The highest BCUT2D eigenvalue weighted by molar-refractivity contribution is 6.08. The summed E-state index contributed by atoms with van der Waals surface area (Å²) in [6.07, 6.45) is 2.03. The minimum absolute atomic E-state index is 0.209. The van der Waals surface area contributed by atoms with E-state index in [2.05, 4.69) is 15.2 Å². The molecule has 234 valence electrons. The van der Waals surface area contributed by atoms with Gasteiger partial charge in [-0.1, -0.05) is 48.5 Å². The molecule has 3 aromatic heterocycles. The smallest absolute Gasteiger partial charge is 0.427 e. The molecule has 1 atom stereocenters.